The van der Waals surface area contributed by atoms with Crippen LogP contribution >= 0.6 is 23.2 Å². The van der Waals surface area contributed by atoms with Crippen LogP contribution in [-0.4, -0.2) is 40.1 Å². The molecule has 1 aliphatic heterocycles. The van der Waals surface area contributed by atoms with Crippen LogP contribution in [-0.2, 0) is 20.0 Å². The predicted molar refractivity (Wildman–Crippen MR) is 136 cm³/mol. The number of nitrogens with zero attached hydrogens (tertiary/aromatic N) is 1. The Balaban J connectivity index is 1.56. The monoisotopic (exact) mass is 553 g/mol. The van der Waals surface area contributed by atoms with Crippen LogP contribution in [0.4, 0.5) is 11.4 Å². The van der Waals surface area contributed by atoms with Gasteiger partial charge in [0.2, 0.25) is 10.0 Å². The van der Waals surface area contributed by atoms with E-state index in [-0.39, 0.29) is 26.1 Å². The van der Waals surface area contributed by atoms with Crippen LogP contribution in [0.1, 0.15) is 23.2 Å². The second-order valence-corrected chi connectivity index (χ2v) is 12.3. The van der Waals surface area contributed by atoms with Gasteiger partial charge in [-0.2, -0.15) is 4.31 Å². The van der Waals surface area contributed by atoms with Crippen molar-refractivity contribution in [2.45, 2.75) is 22.6 Å². The Kier molecular flexibility index (Phi) is 7.39. The smallest absolute Gasteiger partial charge is 0.261 e. The zero-order valence-corrected chi connectivity index (χ0v) is 21.4. The molecule has 2 N–H and O–H groups in total. The molecule has 1 amide bonds. The van der Waals surface area contributed by atoms with Gasteiger partial charge in [-0.25, -0.2) is 16.8 Å². The third-order valence-corrected chi connectivity index (χ3v) is 9.29. The average Bonchev–Trinajstić information content (AvgIpc) is 3.35. The van der Waals surface area contributed by atoms with E-state index < -0.39 is 26.0 Å². The van der Waals surface area contributed by atoms with Gasteiger partial charge in [-0.15, -0.1) is 0 Å². The summed E-state index contributed by atoms with van der Waals surface area (Å²) in [6.45, 7) is 0.976. The molecule has 0 atom stereocenters. The van der Waals surface area contributed by atoms with Gasteiger partial charge in [-0.1, -0.05) is 29.3 Å². The van der Waals surface area contributed by atoms with Crippen molar-refractivity contribution in [2.24, 2.45) is 0 Å². The Labute approximate surface area is 214 Å². The second kappa shape index (κ2) is 10.2. The number of sulfonamides is 2. The molecular formula is C23H21Cl2N3O5S2. The zero-order valence-electron chi connectivity index (χ0n) is 18.2. The number of rotatable bonds is 7. The molecule has 12 heteroatoms. The number of anilines is 2. The van der Waals surface area contributed by atoms with Crippen molar-refractivity contribution >= 4 is 60.5 Å². The van der Waals surface area contributed by atoms with E-state index in [0.717, 1.165) is 12.8 Å². The Bertz CT molecular complexity index is 1450. The number of benzene rings is 3. The lowest BCUT2D eigenvalue weighted by molar-refractivity contribution is 0.102. The van der Waals surface area contributed by atoms with Crippen molar-refractivity contribution in [1.29, 1.82) is 0 Å². The molecule has 0 bridgehead atoms. The molecule has 3 aromatic carbocycles. The molecule has 0 unspecified atom stereocenters. The average molecular weight is 554 g/mol. The van der Waals surface area contributed by atoms with Gasteiger partial charge < -0.3 is 5.32 Å². The minimum absolute atomic E-state index is 0.0156. The van der Waals surface area contributed by atoms with Crippen LogP contribution in [0.15, 0.2) is 76.5 Å². The summed E-state index contributed by atoms with van der Waals surface area (Å²) >= 11 is 12.1. The van der Waals surface area contributed by atoms with Crippen LogP contribution in [0.2, 0.25) is 10.0 Å². The van der Waals surface area contributed by atoms with Crippen LogP contribution < -0.4 is 10.0 Å². The first-order valence-electron chi connectivity index (χ1n) is 10.6. The molecule has 35 heavy (non-hydrogen) atoms. The van der Waals surface area contributed by atoms with Crippen molar-refractivity contribution in [2.75, 3.05) is 23.1 Å². The molecular weight excluding hydrogens is 533 g/mol. The molecule has 1 heterocycles. The summed E-state index contributed by atoms with van der Waals surface area (Å²) in [6, 6.07) is 15.7. The summed E-state index contributed by atoms with van der Waals surface area (Å²) < 4.78 is 54.8. The highest BCUT2D eigenvalue weighted by atomic mass is 35.5. The maximum atomic E-state index is 13.0. The first-order chi connectivity index (χ1) is 16.6. The van der Waals surface area contributed by atoms with Gasteiger partial charge in [0.15, 0.2) is 0 Å². The van der Waals surface area contributed by atoms with E-state index >= 15 is 0 Å². The van der Waals surface area contributed by atoms with E-state index in [2.05, 4.69) is 10.0 Å². The second-order valence-electron chi connectivity index (χ2n) is 7.81. The van der Waals surface area contributed by atoms with Crippen LogP contribution in [0.3, 0.4) is 0 Å². The quantitative estimate of drug-likeness (QED) is 0.435. The maximum absolute atomic E-state index is 13.0. The molecule has 0 saturated carbocycles. The Morgan fingerprint density at radius 3 is 2.03 bits per heavy atom. The van der Waals surface area contributed by atoms with Crippen molar-refractivity contribution in [1.82, 2.24) is 4.31 Å². The molecule has 1 aliphatic rings. The lowest BCUT2D eigenvalue weighted by Gasteiger charge is -2.16. The third-order valence-electron chi connectivity index (χ3n) is 5.42. The lowest BCUT2D eigenvalue weighted by atomic mass is 10.1. The van der Waals surface area contributed by atoms with Gasteiger partial charge in [0, 0.05) is 23.8 Å². The minimum Gasteiger partial charge on any atom is -0.322 e. The highest BCUT2D eigenvalue weighted by Gasteiger charge is 2.27. The first kappa shape index (κ1) is 25.5. The molecule has 0 aliphatic carbocycles. The van der Waals surface area contributed by atoms with Gasteiger partial charge in [-0.3, -0.25) is 9.52 Å². The van der Waals surface area contributed by atoms with Gasteiger partial charge in [-0.05, 0) is 73.5 Å². The molecule has 3 aromatic rings. The van der Waals surface area contributed by atoms with Crippen molar-refractivity contribution in [3.8, 4) is 0 Å². The zero-order chi connectivity index (χ0) is 25.2. The molecule has 1 saturated heterocycles. The van der Waals surface area contributed by atoms with Gasteiger partial charge in [0.05, 0.1) is 26.1 Å². The van der Waals surface area contributed by atoms with Crippen LogP contribution in [0.5, 0.6) is 0 Å². The SMILES string of the molecule is O=C(Nc1ccc(S(=O)(=O)N2CCCC2)cc1)c1c(Cl)cccc1NS(=O)(=O)c1ccc(Cl)cc1. The standard InChI is InChI=1S/C23H21Cl2N3O5S2/c24-16-6-10-18(11-7-16)34(30,31)27-21-5-3-4-20(25)22(21)23(29)26-17-8-12-19(13-9-17)35(32,33)28-14-1-2-15-28/h3-13,27H,1-2,14-15H2,(H,26,29). The molecule has 1 fully saturated rings. The molecule has 184 valence electrons. The van der Waals surface area contributed by atoms with Gasteiger partial charge in [0.25, 0.3) is 15.9 Å². The maximum Gasteiger partial charge on any atom is 0.261 e. The number of carbonyl (C=O) groups excluding carboxylic acids is 1. The predicted octanol–water partition coefficient (Wildman–Crippen LogP) is 4.83. The first-order valence-corrected chi connectivity index (χ1v) is 14.2. The molecule has 4 rings (SSSR count). The minimum atomic E-state index is -4.02. The summed E-state index contributed by atoms with van der Waals surface area (Å²) in [5.74, 6) is -0.667. The molecule has 0 spiro atoms. The van der Waals surface area contributed by atoms with Gasteiger partial charge >= 0.3 is 0 Å². The summed E-state index contributed by atoms with van der Waals surface area (Å²) in [5.41, 5.74) is 0.223. The Hall–Kier alpha value is -2.63. The third kappa shape index (κ3) is 5.62. The van der Waals surface area contributed by atoms with Crippen molar-refractivity contribution < 1.29 is 21.6 Å². The van der Waals surface area contributed by atoms with Crippen LogP contribution in [0.25, 0.3) is 0 Å². The summed E-state index contributed by atoms with van der Waals surface area (Å²) in [4.78, 5) is 13.1. The molecule has 0 aromatic heterocycles. The highest BCUT2D eigenvalue weighted by Crippen LogP contribution is 2.29. The van der Waals surface area contributed by atoms with E-state index in [1.54, 1.807) is 0 Å². The number of hydrogen-bond donors (Lipinski definition) is 2. The van der Waals surface area contributed by atoms with E-state index in [9.17, 15) is 21.6 Å². The van der Waals surface area contributed by atoms with E-state index in [4.69, 9.17) is 23.2 Å². The number of carbonyl (C=O) groups is 1. The number of halogens is 2. The Morgan fingerprint density at radius 1 is 0.800 bits per heavy atom. The number of amides is 1. The van der Waals surface area contributed by atoms with Crippen molar-refractivity contribution in [3.63, 3.8) is 0 Å². The summed E-state index contributed by atoms with van der Waals surface area (Å²) in [7, 11) is -7.61. The van der Waals surface area contributed by atoms with Crippen molar-refractivity contribution in [3.05, 3.63) is 82.3 Å². The summed E-state index contributed by atoms with van der Waals surface area (Å²) in [5, 5.41) is 3.05. The fourth-order valence-corrected chi connectivity index (χ4v) is 6.61. The van der Waals surface area contributed by atoms with E-state index in [0.29, 0.717) is 23.8 Å². The van der Waals surface area contributed by atoms with E-state index in [1.165, 1.54) is 71.0 Å². The number of nitrogens with one attached hydrogen (secondary N) is 2. The fraction of sp³-hybridized carbons (Fsp3) is 0.174. The van der Waals surface area contributed by atoms with E-state index in [1.807, 2.05) is 0 Å². The Morgan fingerprint density at radius 2 is 1.40 bits per heavy atom. The molecule has 8 nitrogen and oxygen atoms in total. The topological polar surface area (TPSA) is 113 Å². The number of hydrogen-bond acceptors (Lipinski definition) is 5. The highest BCUT2D eigenvalue weighted by molar-refractivity contribution is 7.92. The lowest BCUT2D eigenvalue weighted by Crippen LogP contribution is -2.27. The normalized spacial score (nSPS) is 14.6. The largest absolute Gasteiger partial charge is 0.322 e. The molecule has 0 radical (unpaired) electrons. The van der Waals surface area contributed by atoms with Crippen LogP contribution in [0, 0.1) is 0 Å². The van der Waals surface area contributed by atoms with Gasteiger partial charge in [0.1, 0.15) is 0 Å². The fourth-order valence-electron chi connectivity index (χ4n) is 3.64. The summed E-state index contributed by atoms with van der Waals surface area (Å²) in [6.07, 6.45) is 1.66.